The third-order valence-corrected chi connectivity index (χ3v) is 5.74. The molecule has 0 spiro atoms. The van der Waals surface area contributed by atoms with Crippen molar-refractivity contribution in [2.45, 2.75) is 19.9 Å². The van der Waals surface area contributed by atoms with Crippen LogP contribution >= 0.6 is 11.8 Å². The van der Waals surface area contributed by atoms with Gasteiger partial charge in [-0.05, 0) is 12.1 Å². The fraction of sp³-hybridized carbons (Fsp3) is 0.556. The minimum absolute atomic E-state index is 0.0205. The van der Waals surface area contributed by atoms with Gasteiger partial charge in [0.1, 0.15) is 11.9 Å². The predicted molar refractivity (Wildman–Crippen MR) is 98.0 cm³/mol. The first-order chi connectivity index (χ1) is 12.0. The maximum atomic E-state index is 13.9. The molecular weight excluding hydrogens is 341 g/mol. The molecule has 7 heteroatoms. The molecular formula is C18H24FN3O2S. The van der Waals surface area contributed by atoms with Gasteiger partial charge in [-0.25, -0.2) is 4.39 Å². The zero-order chi connectivity index (χ0) is 18.0. The molecule has 0 N–H and O–H groups in total. The molecule has 1 aromatic rings. The number of hydrogen-bond acceptors (Lipinski definition) is 4. The Kier molecular flexibility index (Phi) is 5.51. The van der Waals surface area contributed by atoms with Crippen molar-refractivity contribution < 1.29 is 14.0 Å². The lowest BCUT2D eigenvalue weighted by Crippen LogP contribution is -2.55. The maximum absolute atomic E-state index is 13.9. The Morgan fingerprint density at radius 2 is 1.84 bits per heavy atom. The van der Waals surface area contributed by atoms with Crippen molar-refractivity contribution in [2.75, 3.05) is 42.7 Å². The Labute approximate surface area is 152 Å². The molecule has 2 aliphatic rings. The number of para-hydroxylation sites is 1. The highest BCUT2D eigenvalue weighted by Crippen LogP contribution is 2.26. The molecule has 0 saturated carbocycles. The van der Waals surface area contributed by atoms with E-state index >= 15 is 0 Å². The first-order valence-corrected chi connectivity index (χ1v) is 9.81. The van der Waals surface area contributed by atoms with Crippen LogP contribution in [0.4, 0.5) is 10.1 Å². The van der Waals surface area contributed by atoms with Crippen molar-refractivity contribution in [3.05, 3.63) is 30.1 Å². The zero-order valence-electron chi connectivity index (χ0n) is 14.7. The van der Waals surface area contributed by atoms with Gasteiger partial charge in [0, 0.05) is 37.8 Å². The second-order valence-corrected chi connectivity index (χ2v) is 7.74. The average Bonchev–Trinajstić information content (AvgIpc) is 3.10. The lowest BCUT2D eigenvalue weighted by atomic mass is 10.1. The molecule has 136 valence electrons. The van der Waals surface area contributed by atoms with E-state index in [1.807, 2.05) is 29.7 Å². The number of anilines is 1. The van der Waals surface area contributed by atoms with Crippen LogP contribution in [0.1, 0.15) is 13.8 Å². The molecule has 1 unspecified atom stereocenters. The summed E-state index contributed by atoms with van der Waals surface area (Å²) in [5.74, 6) is 0.962. The van der Waals surface area contributed by atoms with Crippen molar-refractivity contribution in [3.8, 4) is 0 Å². The summed E-state index contributed by atoms with van der Waals surface area (Å²) in [6.07, 6.45) is 0. The molecule has 25 heavy (non-hydrogen) atoms. The summed E-state index contributed by atoms with van der Waals surface area (Å²) >= 11 is 1.63. The van der Waals surface area contributed by atoms with Crippen LogP contribution in [0, 0.1) is 11.7 Å². The molecule has 3 rings (SSSR count). The second-order valence-electron chi connectivity index (χ2n) is 6.74. The lowest BCUT2D eigenvalue weighted by Gasteiger charge is -2.38. The second kappa shape index (κ2) is 7.64. The van der Waals surface area contributed by atoms with Crippen LogP contribution < -0.4 is 4.90 Å². The summed E-state index contributed by atoms with van der Waals surface area (Å²) in [6.45, 7) is 6.03. The number of hydrogen-bond donors (Lipinski definition) is 0. The minimum Gasteiger partial charge on any atom is -0.366 e. The molecule has 1 atom stereocenters. The molecule has 0 aromatic heterocycles. The monoisotopic (exact) mass is 365 g/mol. The molecule has 1 aromatic carbocycles. The van der Waals surface area contributed by atoms with Gasteiger partial charge >= 0.3 is 0 Å². The van der Waals surface area contributed by atoms with E-state index in [-0.39, 0.29) is 29.6 Å². The highest BCUT2D eigenvalue weighted by molar-refractivity contribution is 7.99. The topological polar surface area (TPSA) is 43.9 Å². The molecule has 5 nitrogen and oxygen atoms in total. The smallest absolute Gasteiger partial charge is 0.246 e. The number of carbonyl (C=O) groups is 2. The Morgan fingerprint density at radius 3 is 2.48 bits per heavy atom. The van der Waals surface area contributed by atoms with Gasteiger partial charge in [-0.1, -0.05) is 26.0 Å². The van der Waals surface area contributed by atoms with Crippen molar-refractivity contribution >= 4 is 29.3 Å². The van der Waals surface area contributed by atoms with Gasteiger partial charge in [0.25, 0.3) is 0 Å². The molecule has 0 radical (unpaired) electrons. The normalized spacial score (nSPS) is 21.1. The quantitative estimate of drug-likeness (QED) is 0.822. The number of rotatable bonds is 3. The van der Waals surface area contributed by atoms with E-state index in [2.05, 4.69) is 0 Å². The maximum Gasteiger partial charge on any atom is 0.246 e. The predicted octanol–water partition coefficient (Wildman–Crippen LogP) is 2.03. The van der Waals surface area contributed by atoms with Crippen LogP contribution in [0.15, 0.2) is 24.3 Å². The number of halogens is 1. The number of thioether (sulfide) groups is 1. The van der Waals surface area contributed by atoms with Crippen molar-refractivity contribution in [1.29, 1.82) is 0 Å². The van der Waals surface area contributed by atoms with Crippen LogP contribution in [0.5, 0.6) is 0 Å². The van der Waals surface area contributed by atoms with Crippen LogP contribution in [0.25, 0.3) is 0 Å². The summed E-state index contributed by atoms with van der Waals surface area (Å²) < 4.78 is 13.9. The van der Waals surface area contributed by atoms with E-state index in [4.69, 9.17) is 0 Å². The number of nitrogens with zero attached hydrogens (tertiary/aromatic N) is 3. The van der Waals surface area contributed by atoms with Gasteiger partial charge in [0.15, 0.2) is 0 Å². The van der Waals surface area contributed by atoms with E-state index in [0.717, 1.165) is 0 Å². The summed E-state index contributed by atoms with van der Waals surface area (Å²) in [5, 5.41) is 0. The average molecular weight is 365 g/mol. The van der Waals surface area contributed by atoms with E-state index in [1.54, 1.807) is 28.8 Å². The summed E-state index contributed by atoms with van der Waals surface area (Å²) in [7, 11) is 0. The standard InChI is InChI=1S/C18H24FN3O2S/c1-13(2)17(23)22-12-25-11-16(22)18(24)21-9-7-20(8-10-21)15-6-4-3-5-14(15)19/h3-6,13,16H,7-12H2,1-2H3. The van der Waals surface area contributed by atoms with Gasteiger partial charge < -0.3 is 14.7 Å². The van der Waals surface area contributed by atoms with Crippen LogP contribution in [0.3, 0.4) is 0 Å². The summed E-state index contributed by atoms with van der Waals surface area (Å²) in [4.78, 5) is 30.7. The van der Waals surface area contributed by atoms with E-state index in [9.17, 15) is 14.0 Å². The Hall–Kier alpha value is -1.76. The summed E-state index contributed by atoms with van der Waals surface area (Å²) in [5.41, 5.74) is 0.586. The first-order valence-electron chi connectivity index (χ1n) is 8.65. The van der Waals surface area contributed by atoms with Crippen molar-refractivity contribution in [3.63, 3.8) is 0 Å². The van der Waals surface area contributed by atoms with Gasteiger partial charge in [-0.2, -0.15) is 0 Å². The molecule has 0 bridgehead atoms. The van der Waals surface area contributed by atoms with Crippen LogP contribution in [-0.2, 0) is 9.59 Å². The van der Waals surface area contributed by atoms with E-state index in [1.165, 1.54) is 6.07 Å². The molecule has 2 aliphatic heterocycles. The van der Waals surface area contributed by atoms with Gasteiger partial charge in [-0.15, -0.1) is 11.8 Å². The Morgan fingerprint density at radius 1 is 1.16 bits per heavy atom. The number of amides is 2. The zero-order valence-corrected chi connectivity index (χ0v) is 15.5. The largest absolute Gasteiger partial charge is 0.366 e. The van der Waals surface area contributed by atoms with Gasteiger partial charge in [-0.3, -0.25) is 9.59 Å². The number of piperazine rings is 1. The van der Waals surface area contributed by atoms with E-state index < -0.39 is 0 Å². The molecule has 2 heterocycles. The fourth-order valence-corrected chi connectivity index (χ4v) is 4.44. The number of carbonyl (C=O) groups excluding carboxylic acids is 2. The van der Waals surface area contributed by atoms with Gasteiger partial charge in [0.2, 0.25) is 11.8 Å². The lowest BCUT2D eigenvalue weighted by molar-refractivity contribution is -0.145. The molecule has 0 aliphatic carbocycles. The highest BCUT2D eigenvalue weighted by atomic mass is 32.2. The van der Waals surface area contributed by atoms with Gasteiger partial charge in [0.05, 0.1) is 11.6 Å². The third-order valence-electron chi connectivity index (χ3n) is 4.73. The van der Waals surface area contributed by atoms with Crippen LogP contribution in [0.2, 0.25) is 0 Å². The highest BCUT2D eigenvalue weighted by Gasteiger charge is 2.38. The first kappa shape index (κ1) is 18.0. The third kappa shape index (κ3) is 3.76. The minimum atomic E-state index is -0.361. The summed E-state index contributed by atoms with van der Waals surface area (Å²) in [6, 6.07) is 6.36. The van der Waals surface area contributed by atoms with Crippen molar-refractivity contribution in [2.24, 2.45) is 5.92 Å². The molecule has 2 saturated heterocycles. The van der Waals surface area contributed by atoms with Crippen LogP contribution in [-0.4, -0.2) is 65.5 Å². The van der Waals surface area contributed by atoms with Crippen molar-refractivity contribution in [1.82, 2.24) is 9.80 Å². The molecule has 2 fully saturated rings. The Balaban J connectivity index is 1.62. The fourth-order valence-electron chi connectivity index (χ4n) is 3.28. The number of benzene rings is 1. The molecule has 2 amide bonds. The Bertz CT molecular complexity index is 647. The van der Waals surface area contributed by atoms with E-state index in [0.29, 0.717) is 43.5 Å². The SMILES string of the molecule is CC(C)C(=O)N1CSCC1C(=O)N1CCN(c2ccccc2F)CC1.